The molecule has 1 aliphatic heterocycles. The Morgan fingerprint density at radius 2 is 2.11 bits per heavy atom. The fourth-order valence-corrected chi connectivity index (χ4v) is 2.14. The van der Waals surface area contributed by atoms with E-state index in [0.29, 0.717) is 13.1 Å². The van der Waals surface area contributed by atoms with Crippen LogP contribution >= 0.6 is 0 Å². The lowest BCUT2D eigenvalue weighted by molar-refractivity contribution is 0.0706. The van der Waals surface area contributed by atoms with Crippen LogP contribution in [0.3, 0.4) is 0 Å². The van der Waals surface area contributed by atoms with E-state index in [1.807, 2.05) is 0 Å². The molecule has 0 saturated carbocycles. The average Bonchev–Trinajstić information content (AvgIpc) is 2.38. The fraction of sp³-hybridized carbons (Fsp3) is 0.462. The third kappa shape index (κ3) is 2.46. The number of ether oxygens (including phenoxy) is 1. The number of methoxy groups -OCH3 is 1. The molecule has 4 nitrogen and oxygen atoms in total. The van der Waals surface area contributed by atoms with Gasteiger partial charge in [-0.3, -0.25) is 4.79 Å². The lowest BCUT2D eigenvalue weighted by Crippen LogP contribution is -2.43. The Morgan fingerprint density at radius 1 is 1.44 bits per heavy atom. The lowest BCUT2D eigenvalue weighted by atomic mass is 10.0. The van der Waals surface area contributed by atoms with Gasteiger partial charge in [-0.25, -0.2) is 4.39 Å². The highest BCUT2D eigenvalue weighted by atomic mass is 19.1. The van der Waals surface area contributed by atoms with E-state index in [1.165, 1.54) is 19.2 Å². The third-order valence-corrected chi connectivity index (χ3v) is 3.24. The number of rotatable bonds is 2. The number of hydrogen-bond donors (Lipinski definition) is 1. The summed E-state index contributed by atoms with van der Waals surface area (Å²) in [5, 5.41) is 0. The maximum absolute atomic E-state index is 13.8. The van der Waals surface area contributed by atoms with E-state index < -0.39 is 5.82 Å². The molecule has 0 atom stereocenters. The van der Waals surface area contributed by atoms with Gasteiger partial charge in [0.15, 0.2) is 0 Å². The van der Waals surface area contributed by atoms with E-state index in [0.717, 1.165) is 12.8 Å². The summed E-state index contributed by atoms with van der Waals surface area (Å²) < 4.78 is 18.8. The number of likely N-dealkylation sites (tertiary alicyclic amines) is 1. The van der Waals surface area contributed by atoms with Gasteiger partial charge in [0.2, 0.25) is 0 Å². The number of nitrogens with two attached hydrogens (primary N) is 1. The molecule has 98 valence electrons. The van der Waals surface area contributed by atoms with Crippen molar-refractivity contribution in [2.75, 3.05) is 20.2 Å². The summed E-state index contributed by atoms with van der Waals surface area (Å²) in [6.45, 7) is 1.13. The molecule has 0 aliphatic carbocycles. The lowest BCUT2D eigenvalue weighted by Gasteiger charge is -2.30. The first kappa shape index (κ1) is 12.8. The van der Waals surface area contributed by atoms with Crippen LogP contribution in [0.25, 0.3) is 0 Å². The Hall–Kier alpha value is -1.62. The van der Waals surface area contributed by atoms with E-state index >= 15 is 0 Å². The minimum atomic E-state index is -0.547. The van der Waals surface area contributed by atoms with E-state index in [-0.39, 0.29) is 23.3 Å². The molecule has 0 spiro atoms. The van der Waals surface area contributed by atoms with Crippen molar-refractivity contribution in [3.8, 4) is 5.75 Å². The number of amides is 1. The van der Waals surface area contributed by atoms with Crippen LogP contribution in [0.1, 0.15) is 23.2 Å². The molecule has 1 aromatic rings. The largest absolute Gasteiger partial charge is 0.496 e. The van der Waals surface area contributed by atoms with E-state index in [2.05, 4.69) is 0 Å². The van der Waals surface area contributed by atoms with Crippen molar-refractivity contribution in [3.63, 3.8) is 0 Å². The predicted molar refractivity (Wildman–Crippen MR) is 66.1 cm³/mol. The number of halogens is 1. The normalized spacial score (nSPS) is 16.7. The number of carbonyl (C=O) groups excluding carboxylic acids is 1. The van der Waals surface area contributed by atoms with Gasteiger partial charge in [0, 0.05) is 19.1 Å². The van der Waals surface area contributed by atoms with Crippen molar-refractivity contribution in [2.45, 2.75) is 18.9 Å². The summed E-state index contributed by atoms with van der Waals surface area (Å²) in [5.74, 6) is -0.596. The monoisotopic (exact) mass is 252 g/mol. The van der Waals surface area contributed by atoms with Crippen LogP contribution in [0.15, 0.2) is 18.2 Å². The molecule has 1 aromatic carbocycles. The molecule has 2 rings (SSSR count). The number of carbonyl (C=O) groups is 1. The number of nitrogens with zero attached hydrogens (tertiary/aromatic N) is 1. The van der Waals surface area contributed by atoms with Crippen LogP contribution in [0.2, 0.25) is 0 Å². The Balaban J connectivity index is 2.23. The molecule has 0 bridgehead atoms. The second kappa shape index (κ2) is 5.35. The van der Waals surface area contributed by atoms with Crippen LogP contribution in [0.5, 0.6) is 5.75 Å². The first-order valence-corrected chi connectivity index (χ1v) is 6.01. The van der Waals surface area contributed by atoms with Gasteiger partial charge in [-0.1, -0.05) is 6.07 Å². The van der Waals surface area contributed by atoms with E-state index in [9.17, 15) is 9.18 Å². The van der Waals surface area contributed by atoms with Crippen molar-refractivity contribution < 1.29 is 13.9 Å². The minimum Gasteiger partial charge on any atom is -0.496 e. The Bertz CT molecular complexity index is 443. The van der Waals surface area contributed by atoms with E-state index in [1.54, 1.807) is 11.0 Å². The molecule has 2 N–H and O–H groups in total. The van der Waals surface area contributed by atoms with Gasteiger partial charge in [0.05, 0.1) is 7.11 Å². The zero-order chi connectivity index (χ0) is 13.1. The van der Waals surface area contributed by atoms with Crippen LogP contribution in [-0.4, -0.2) is 37.0 Å². The zero-order valence-electron chi connectivity index (χ0n) is 10.4. The molecule has 1 saturated heterocycles. The van der Waals surface area contributed by atoms with E-state index in [4.69, 9.17) is 10.5 Å². The zero-order valence-corrected chi connectivity index (χ0v) is 10.4. The third-order valence-electron chi connectivity index (χ3n) is 3.24. The molecule has 1 heterocycles. The minimum absolute atomic E-state index is 0.00970. The highest BCUT2D eigenvalue weighted by Gasteiger charge is 2.26. The smallest absolute Gasteiger partial charge is 0.260 e. The van der Waals surface area contributed by atoms with Crippen LogP contribution < -0.4 is 10.5 Å². The molecular weight excluding hydrogens is 235 g/mol. The molecule has 0 unspecified atom stereocenters. The fourth-order valence-electron chi connectivity index (χ4n) is 2.14. The summed E-state index contributed by atoms with van der Waals surface area (Å²) in [6.07, 6.45) is 1.50. The van der Waals surface area contributed by atoms with Gasteiger partial charge in [-0.15, -0.1) is 0 Å². The summed E-state index contributed by atoms with van der Waals surface area (Å²) in [6, 6.07) is 4.52. The van der Waals surface area contributed by atoms with Crippen LogP contribution in [-0.2, 0) is 0 Å². The molecule has 1 aliphatic rings. The first-order chi connectivity index (χ1) is 8.63. The topological polar surface area (TPSA) is 55.6 Å². The van der Waals surface area contributed by atoms with Gasteiger partial charge in [0.1, 0.15) is 17.1 Å². The van der Waals surface area contributed by atoms with Gasteiger partial charge < -0.3 is 15.4 Å². The molecule has 1 amide bonds. The highest BCUT2D eigenvalue weighted by molar-refractivity contribution is 5.97. The van der Waals surface area contributed by atoms with Gasteiger partial charge in [0.25, 0.3) is 5.91 Å². The maximum Gasteiger partial charge on any atom is 0.260 e. The van der Waals surface area contributed by atoms with Crippen LogP contribution in [0, 0.1) is 5.82 Å². The summed E-state index contributed by atoms with van der Waals surface area (Å²) >= 11 is 0. The summed E-state index contributed by atoms with van der Waals surface area (Å²) in [4.78, 5) is 13.9. The SMILES string of the molecule is COc1cccc(F)c1C(=O)N1CCC(N)CC1. The molecule has 1 fully saturated rings. The van der Waals surface area contributed by atoms with Crippen molar-refractivity contribution in [1.82, 2.24) is 4.90 Å². The number of benzene rings is 1. The Morgan fingerprint density at radius 3 is 2.72 bits per heavy atom. The quantitative estimate of drug-likeness (QED) is 0.865. The maximum atomic E-state index is 13.8. The highest BCUT2D eigenvalue weighted by Crippen LogP contribution is 2.24. The Kier molecular flexibility index (Phi) is 3.81. The summed E-state index contributed by atoms with van der Waals surface area (Å²) in [7, 11) is 1.43. The number of piperidine rings is 1. The molecule has 18 heavy (non-hydrogen) atoms. The van der Waals surface area contributed by atoms with Gasteiger partial charge in [-0.2, -0.15) is 0 Å². The molecule has 0 aromatic heterocycles. The van der Waals surface area contributed by atoms with Gasteiger partial charge >= 0.3 is 0 Å². The second-order valence-corrected chi connectivity index (χ2v) is 4.45. The van der Waals surface area contributed by atoms with Gasteiger partial charge in [-0.05, 0) is 25.0 Å². The van der Waals surface area contributed by atoms with Crippen molar-refractivity contribution in [2.24, 2.45) is 5.73 Å². The molecule has 5 heteroatoms. The summed E-state index contributed by atoms with van der Waals surface area (Å²) in [5.41, 5.74) is 5.79. The molecular formula is C13H17FN2O2. The second-order valence-electron chi connectivity index (χ2n) is 4.45. The van der Waals surface area contributed by atoms with Crippen molar-refractivity contribution >= 4 is 5.91 Å². The number of hydrogen-bond acceptors (Lipinski definition) is 3. The van der Waals surface area contributed by atoms with Crippen LogP contribution in [0.4, 0.5) is 4.39 Å². The molecule has 0 radical (unpaired) electrons. The van der Waals surface area contributed by atoms with Crippen molar-refractivity contribution in [3.05, 3.63) is 29.6 Å². The first-order valence-electron chi connectivity index (χ1n) is 6.01. The Labute approximate surface area is 106 Å². The standard InChI is InChI=1S/C13H17FN2O2/c1-18-11-4-2-3-10(14)12(11)13(17)16-7-5-9(15)6-8-16/h2-4,9H,5-8,15H2,1H3. The average molecular weight is 252 g/mol. The predicted octanol–water partition coefficient (Wildman–Crippen LogP) is 1.40. The van der Waals surface area contributed by atoms with Crippen molar-refractivity contribution in [1.29, 1.82) is 0 Å².